The van der Waals surface area contributed by atoms with Crippen LogP contribution in [-0.2, 0) is 21.7 Å². The number of nitrogens with one attached hydrogen (secondary N) is 1. The Hall–Kier alpha value is -4.46. The Labute approximate surface area is 239 Å². The lowest BCUT2D eigenvalue weighted by molar-refractivity contribution is -0.166. The average molecular weight is 554 g/mol. The standard InChI is InChI=1S/C33H35N3O5/c1-20(2)41-27-15-14-21(16-28(27)40-5)24-18-36-29(37)19-35(17-22-10-6-9-13-26(22)39-4)32(38)33(36,3)31-30(24)23-11-7-8-12-25(23)34-31/h6-16,20,24,34H,17-19H2,1-5H3. The van der Waals surface area contributed by atoms with Gasteiger partial charge in [0.2, 0.25) is 5.91 Å². The number of rotatable bonds is 7. The molecule has 4 aromatic rings. The van der Waals surface area contributed by atoms with Crippen molar-refractivity contribution in [1.82, 2.24) is 14.8 Å². The summed E-state index contributed by atoms with van der Waals surface area (Å²) in [5.41, 5.74) is 3.36. The van der Waals surface area contributed by atoms with E-state index in [9.17, 15) is 9.59 Å². The lowest BCUT2D eigenvalue weighted by Gasteiger charge is -2.51. The smallest absolute Gasteiger partial charge is 0.255 e. The van der Waals surface area contributed by atoms with E-state index in [1.54, 1.807) is 24.0 Å². The van der Waals surface area contributed by atoms with Gasteiger partial charge < -0.3 is 29.0 Å². The highest BCUT2D eigenvalue weighted by molar-refractivity contribution is 6.01. The molecule has 41 heavy (non-hydrogen) atoms. The maximum Gasteiger partial charge on any atom is 0.255 e. The molecule has 1 aromatic heterocycles. The molecule has 8 heteroatoms. The summed E-state index contributed by atoms with van der Waals surface area (Å²) in [6, 6.07) is 21.6. The molecule has 2 unspecified atom stereocenters. The topological polar surface area (TPSA) is 84.1 Å². The Bertz CT molecular complexity index is 1640. The van der Waals surface area contributed by atoms with Crippen LogP contribution < -0.4 is 14.2 Å². The highest BCUT2D eigenvalue weighted by Gasteiger charge is 2.56. The van der Waals surface area contributed by atoms with Crippen molar-refractivity contribution in [3.05, 3.63) is 89.1 Å². The van der Waals surface area contributed by atoms with E-state index >= 15 is 0 Å². The van der Waals surface area contributed by atoms with Gasteiger partial charge in [0.1, 0.15) is 12.3 Å². The normalized spacial score (nSPS) is 20.3. The van der Waals surface area contributed by atoms with Gasteiger partial charge in [-0.3, -0.25) is 9.59 Å². The summed E-state index contributed by atoms with van der Waals surface area (Å²) in [7, 11) is 3.24. The van der Waals surface area contributed by atoms with Crippen molar-refractivity contribution in [2.45, 2.75) is 44.9 Å². The molecule has 0 saturated carbocycles. The van der Waals surface area contributed by atoms with Gasteiger partial charge in [-0.2, -0.15) is 0 Å². The number of para-hydroxylation sites is 2. The van der Waals surface area contributed by atoms with E-state index in [1.165, 1.54) is 0 Å². The van der Waals surface area contributed by atoms with Gasteiger partial charge in [0.25, 0.3) is 5.91 Å². The van der Waals surface area contributed by atoms with Crippen molar-refractivity contribution >= 4 is 22.7 Å². The van der Waals surface area contributed by atoms with Crippen molar-refractivity contribution in [1.29, 1.82) is 0 Å². The first-order chi connectivity index (χ1) is 19.8. The summed E-state index contributed by atoms with van der Waals surface area (Å²) in [6.45, 7) is 6.47. The SMILES string of the molecule is COc1ccccc1CN1CC(=O)N2CC(c3ccc(OC(C)C)c(OC)c3)c3c([nH]c4ccccc34)C2(C)C1=O. The molecule has 0 radical (unpaired) electrons. The minimum atomic E-state index is -1.19. The largest absolute Gasteiger partial charge is 0.496 e. The number of hydrogen-bond donors (Lipinski definition) is 1. The van der Waals surface area contributed by atoms with Crippen molar-refractivity contribution in [3.63, 3.8) is 0 Å². The van der Waals surface area contributed by atoms with Gasteiger partial charge in [0.05, 0.1) is 26.0 Å². The van der Waals surface area contributed by atoms with Crippen LogP contribution >= 0.6 is 0 Å². The maximum absolute atomic E-state index is 14.4. The monoisotopic (exact) mass is 553 g/mol. The molecule has 0 aliphatic carbocycles. The van der Waals surface area contributed by atoms with Crippen LogP contribution in [0, 0.1) is 0 Å². The lowest BCUT2D eigenvalue weighted by atomic mass is 9.76. The summed E-state index contributed by atoms with van der Waals surface area (Å²) in [5.74, 6) is 1.61. The Kier molecular flexibility index (Phi) is 6.64. The van der Waals surface area contributed by atoms with Crippen molar-refractivity contribution in [2.24, 2.45) is 0 Å². The number of carbonyl (C=O) groups excluding carboxylic acids is 2. The Balaban J connectivity index is 1.47. The Morgan fingerprint density at radius 1 is 0.951 bits per heavy atom. The predicted octanol–water partition coefficient (Wildman–Crippen LogP) is 5.20. The summed E-state index contributed by atoms with van der Waals surface area (Å²) >= 11 is 0. The first kappa shape index (κ1) is 26.7. The second-order valence-electron chi connectivity index (χ2n) is 11.1. The molecule has 2 aliphatic rings. The molecular formula is C33H35N3O5. The lowest BCUT2D eigenvalue weighted by Crippen LogP contribution is -2.67. The highest BCUT2D eigenvalue weighted by atomic mass is 16.5. The molecule has 1 fully saturated rings. The fraction of sp³-hybridized carbons (Fsp3) is 0.333. The number of nitrogens with zero attached hydrogens (tertiary/aromatic N) is 2. The zero-order valence-electron chi connectivity index (χ0n) is 24.1. The van der Waals surface area contributed by atoms with Gasteiger partial charge in [0.15, 0.2) is 17.0 Å². The number of methoxy groups -OCH3 is 2. The van der Waals surface area contributed by atoms with Crippen LogP contribution in [0.1, 0.15) is 49.1 Å². The number of piperazine rings is 1. The number of benzene rings is 3. The molecule has 2 atom stereocenters. The van der Waals surface area contributed by atoms with Crippen LogP contribution in [0.2, 0.25) is 0 Å². The minimum Gasteiger partial charge on any atom is -0.496 e. The van der Waals surface area contributed by atoms with Crippen molar-refractivity contribution in [3.8, 4) is 17.2 Å². The number of fused-ring (bicyclic) bond motifs is 5. The number of amides is 2. The average Bonchev–Trinajstić information content (AvgIpc) is 3.37. The van der Waals surface area contributed by atoms with E-state index in [4.69, 9.17) is 14.2 Å². The summed E-state index contributed by atoms with van der Waals surface area (Å²) in [4.78, 5) is 35.2. The third kappa shape index (κ3) is 4.29. The zero-order valence-corrected chi connectivity index (χ0v) is 24.1. The van der Waals surface area contributed by atoms with E-state index in [0.717, 1.165) is 33.3 Å². The Morgan fingerprint density at radius 2 is 1.68 bits per heavy atom. The van der Waals surface area contributed by atoms with Crippen LogP contribution in [0.5, 0.6) is 17.2 Å². The van der Waals surface area contributed by atoms with Gasteiger partial charge >= 0.3 is 0 Å². The third-order valence-corrected chi connectivity index (χ3v) is 8.32. The molecule has 1 N–H and O–H groups in total. The highest BCUT2D eigenvalue weighted by Crippen LogP contribution is 2.49. The van der Waals surface area contributed by atoms with Gasteiger partial charge in [-0.05, 0) is 56.2 Å². The predicted molar refractivity (Wildman–Crippen MR) is 156 cm³/mol. The van der Waals surface area contributed by atoms with Crippen LogP contribution in [0.3, 0.4) is 0 Å². The zero-order chi connectivity index (χ0) is 28.9. The maximum atomic E-state index is 14.4. The summed E-state index contributed by atoms with van der Waals surface area (Å²) < 4.78 is 17.2. The van der Waals surface area contributed by atoms with Crippen LogP contribution in [0.15, 0.2) is 66.7 Å². The van der Waals surface area contributed by atoms with E-state index in [2.05, 4.69) is 11.1 Å². The summed E-state index contributed by atoms with van der Waals surface area (Å²) in [6.07, 6.45) is 0.00106. The van der Waals surface area contributed by atoms with E-state index in [0.29, 0.717) is 23.8 Å². The first-order valence-electron chi connectivity index (χ1n) is 13.9. The van der Waals surface area contributed by atoms with E-state index in [-0.39, 0.29) is 36.9 Å². The second-order valence-corrected chi connectivity index (χ2v) is 11.1. The molecule has 2 aliphatic heterocycles. The van der Waals surface area contributed by atoms with Crippen LogP contribution in [-0.4, -0.2) is 60.0 Å². The summed E-state index contributed by atoms with van der Waals surface area (Å²) in [5, 5.41) is 1.04. The third-order valence-electron chi connectivity index (χ3n) is 8.32. The van der Waals surface area contributed by atoms with Gasteiger partial charge in [0, 0.05) is 35.5 Å². The number of hydrogen-bond acceptors (Lipinski definition) is 5. The molecule has 6 rings (SSSR count). The quantitative estimate of drug-likeness (QED) is 0.340. The molecular weight excluding hydrogens is 518 g/mol. The Morgan fingerprint density at radius 3 is 2.44 bits per heavy atom. The van der Waals surface area contributed by atoms with Gasteiger partial charge in [-0.15, -0.1) is 0 Å². The fourth-order valence-electron chi connectivity index (χ4n) is 6.39. The van der Waals surface area contributed by atoms with Crippen LogP contribution in [0.25, 0.3) is 10.9 Å². The number of carbonyl (C=O) groups is 2. The molecule has 212 valence electrons. The van der Waals surface area contributed by atoms with Crippen molar-refractivity contribution < 1.29 is 23.8 Å². The molecule has 3 heterocycles. The molecule has 1 saturated heterocycles. The minimum absolute atomic E-state index is 0.000753. The number of ether oxygens (including phenoxy) is 3. The molecule has 2 amide bonds. The molecule has 0 spiro atoms. The fourth-order valence-corrected chi connectivity index (χ4v) is 6.39. The van der Waals surface area contributed by atoms with Gasteiger partial charge in [-0.25, -0.2) is 0 Å². The number of aromatic nitrogens is 1. The number of aromatic amines is 1. The molecule has 0 bridgehead atoms. The van der Waals surface area contributed by atoms with Crippen molar-refractivity contribution in [2.75, 3.05) is 27.3 Å². The second kappa shape index (κ2) is 10.2. The molecule has 8 nitrogen and oxygen atoms in total. The van der Waals surface area contributed by atoms with E-state index in [1.807, 2.05) is 81.4 Å². The number of H-pyrrole nitrogens is 1. The first-order valence-corrected chi connectivity index (χ1v) is 13.9. The molecule has 3 aromatic carbocycles. The van der Waals surface area contributed by atoms with E-state index < -0.39 is 5.54 Å². The van der Waals surface area contributed by atoms with Gasteiger partial charge in [-0.1, -0.05) is 42.5 Å². The van der Waals surface area contributed by atoms with Crippen LogP contribution in [0.4, 0.5) is 0 Å².